The normalized spacial score (nSPS) is 20.1. The number of likely N-dealkylation sites (N-methyl/N-ethyl adjacent to an activating group) is 1. The maximum absolute atomic E-state index is 11.6. The van der Waals surface area contributed by atoms with Gasteiger partial charge in [0.05, 0.1) is 27.6 Å². The molecule has 82 valence electrons. The second-order valence-corrected chi connectivity index (χ2v) is 4.38. The van der Waals surface area contributed by atoms with Crippen molar-refractivity contribution in [3.63, 3.8) is 0 Å². The third-order valence-electron chi connectivity index (χ3n) is 1.60. The smallest absolute Gasteiger partial charge is 0.306 e. The molecule has 0 fully saturated rings. The molecule has 2 N–H and O–H groups in total. The van der Waals surface area contributed by atoms with Gasteiger partial charge in [0, 0.05) is 4.11 Å². The van der Waals surface area contributed by atoms with Crippen molar-refractivity contribution in [1.82, 2.24) is 0 Å². The average Bonchev–Trinajstić information content (AvgIpc) is 1.95. The molecule has 0 radical (unpaired) electrons. The van der Waals surface area contributed by atoms with Gasteiger partial charge < -0.3 is 14.7 Å². The molecule has 0 bridgehead atoms. The molecule has 5 nitrogen and oxygen atoms in total. The van der Waals surface area contributed by atoms with Crippen molar-refractivity contribution in [3.8, 4) is 0 Å². The number of hydrogen-bond acceptors (Lipinski definition) is 3. The summed E-state index contributed by atoms with van der Waals surface area (Å²) in [5.74, 6) is -2.85. The van der Waals surface area contributed by atoms with E-state index in [-0.39, 0.29) is 11.0 Å². The first-order valence-electron chi connectivity index (χ1n) is 5.57. The Labute approximate surface area is 87.8 Å². The van der Waals surface area contributed by atoms with Crippen LogP contribution in [0.1, 0.15) is 17.4 Å². The van der Waals surface area contributed by atoms with Gasteiger partial charge in [-0.15, -0.1) is 0 Å². The number of carbonyl (C=O) groups excluding carboxylic acids is 1. The zero-order chi connectivity index (χ0) is 14.1. The highest BCUT2D eigenvalue weighted by Gasteiger charge is 2.40. The highest BCUT2D eigenvalue weighted by atomic mass is 16.4. The fraction of sp³-hybridized carbons (Fsp3) is 0.778. The Morgan fingerprint density at radius 2 is 1.93 bits per heavy atom. The van der Waals surface area contributed by atoms with E-state index in [2.05, 4.69) is 0 Å². The minimum absolute atomic E-state index is 0.0750. The van der Waals surface area contributed by atoms with Crippen molar-refractivity contribution >= 4 is 11.8 Å². The van der Waals surface area contributed by atoms with Crippen molar-refractivity contribution in [2.24, 2.45) is 0 Å². The van der Waals surface area contributed by atoms with Crippen molar-refractivity contribution in [1.29, 1.82) is 0 Å². The van der Waals surface area contributed by atoms with Crippen molar-refractivity contribution < 1.29 is 28.4 Å². The lowest BCUT2D eigenvalue weighted by atomic mass is 9.94. The molecule has 0 aromatic rings. The van der Waals surface area contributed by atoms with Crippen LogP contribution in [0.25, 0.3) is 0 Å². The van der Waals surface area contributed by atoms with Crippen LogP contribution in [0.5, 0.6) is 0 Å². The minimum atomic E-state index is -3.01. The Morgan fingerprint density at radius 1 is 1.43 bits per heavy atom. The summed E-state index contributed by atoms with van der Waals surface area (Å²) in [6.45, 7) is -3.30. The molecular formula is C9H18NO4+. The molecule has 0 saturated heterocycles. The Bertz CT molecular complexity index is 321. The van der Waals surface area contributed by atoms with E-state index in [4.69, 9.17) is 9.22 Å². The van der Waals surface area contributed by atoms with Crippen LogP contribution in [0.2, 0.25) is 0 Å². The Hall–Kier alpha value is -0.940. The molecule has 0 aliphatic heterocycles. The third kappa shape index (κ3) is 4.34. The monoisotopic (exact) mass is 207 g/mol. The largest absolute Gasteiger partial charge is 0.481 e. The number of Topliss-reactive ketones (excluding diaryl/α,β-unsaturated/α-hetero) is 1. The van der Waals surface area contributed by atoms with Crippen LogP contribution < -0.4 is 0 Å². The number of carboxylic acid groups (broad SMARTS) is 1. The minimum Gasteiger partial charge on any atom is -0.481 e. The van der Waals surface area contributed by atoms with Crippen LogP contribution >= 0.6 is 0 Å². The van der Waals surface area contributed by atoms with Crippen LogP contribution in [0.4, 0.5) is 0 Å². The zero-order valence-electron chi connectivity index (χ0n) is 11.6. The summed E-state index contributed by atoms with van der Waals surface area (Å²) in [7, 11) is 4.87. The molecule has 1 unspecified atom stereocenters. The lowest BCUT2D eigenvalue weighted by Crippen LogP contribution is -2.54. The number of aliphatic carboxylic acids is 1. The number of aliphatic hydroxyl groups is 1. The standard InChI is InChI=1S/C9H17NO4/c1-7(11)9(14,5-8(12)13)6-10(2,3)4/h14H,5-6H2,1-4H3/p+1/i1D3. The van der Waals surface area contributed by atoms with E-state index in [0.29, 0.717) is 0 Å². The van der Waals surface area contributed by atoms with Crippen LogP contribution in [0.15, 0.2) is 0 Å². The first-order chi connectivity index (χ1) is 7.28. The number of hydrogen-bond donors (Lipinski definition) is 2. The zero-order valence-corrected chi connectivity index (χ0v) is 8.57. The van der Waals surface area contributed by atoms with Gasteiger partial charge in [0.25, 0.3) is 0 Å². The van der Waals surface area contributed by atoms with Crippen molar-refractivity contribution in [3.05, 3.63) is 0 Å². The third-order valence-corrected chi connectivity index (χ3v) is 1.60. The Kier molecular flexibility index (Phi) is 2.43. The topological polar surface area (TPSA) is 74.6 Å². The highest BCUT2D eigenvalue weighted by molar-refractivity contribution is 5.89. The number of carbonyl (C=O) groups is 2. The maximum atomic E-state index is 11.6. The van der Waals surface area contributed by atoms with Gasteiger partial charge in [0.15, 0.2) is 11.4 Å². The van der Waals surface area contributed by atoms with Gasteiger partial charge in [-0.25, -0.2) is 0 Å². The average molecular weight is 207 g/mol. The molecule has 0 spiro atoms. The van der Waals surface area contributed by atoms with E-state index in [9.17, 15) is 14.7 Å². The molecule has 0 aliphatic carbocycles. The lowest BCUT2D eigenvalue weighted by molar-refractivity contribution is -0.875. The second-order valence-electron chi connectivity index (χ2n) is 4.38. The Balaban J connectivity index is 5.25. The van der Waals surface area contributed by atoms with Crippen molar-refractivity contribution in [2.45, 2.75) is 18.9 Å². The van der Waals surface area contributed by atoms with E-state index in [1.807, 2.05) is 0 Å². The molecular weight excluding hydrogens is 186 g/mol. The van der Waals surface area contributed by atoms with E-state index < -0.39 is 30.6 Å². The lowest BCUT2D eigenvalue weighted by Gasteiger charge is -2.32. The number of carboxylic acids is 1. The quantitative estimate of drug-likeness (QED) is 0.595. The molecule has 1 atom stereocenters. The van der Waals surface area contributed by atoms with Gasteiger partial charge in [-0.2, -0.15) is 0 Å². The van der Waals surface area contributed by atoms with Crippen LogP contribution in [0.3, 0.4) is 0 Å². The summed E-state index contributed by atoms with van der Waals surface area (Å²) in [6.07, 6.45) is -0.917. The van der Waals surface area contributed by atoms with Gasteiger partial charge in [-0.05, 0) is 6.85 Å². The maximum Gasteiger partial charge on any atom is 0.306 e. The highest BCUT2D eigenvalue weighted by Crippen LogP contribution is 2.15. The number of rotatable bonds is 5. The number of nitrogens with zero attached hydrogens (tertiary/aromatic N) is 1. The second kappa shape index (κ2) is 4.06. The van der Waals surface area contributed by atoms with Gasteiger partial charge in [0.1, 0.15) is 6.54 Å². The summed E-state index contributed by atoms with van der Waals surface area (Å²) < 4.78 is 21.0. The molecule has 0 rings (SSSR count). The van der Waals surface area contributed by atoms with Gasteiger partial charge in [0.2, 0.25) is 0 Å². The summed E-state index contributed by atoms with van der Waals surface area (Å²) >= 11 is 0. The fourth-order valence-corrected chi connectivity index (χ4v) is 1.24. The number of quaternary nitrogens is 1. The number of ketones is 1. The summed E-state index contributed by atoms with van der Waals surface area (Å²) in [4.78, 5) is 22.2. The van der Waals surface area contributed by atoms with Gasteiger partial charge >= 0.3 is 5.97 Å². The molecule has 0 heterocycles. The summed E-state index contributed by atoms with van der Waals surface area (Å²) in [5.41, 5.74) is -2.38. The van der Waals surface area contributed by atoms with E-state index in [0.717, 1.165) is 0 Å². The predicted molar refractivity (Wildman–Crippen MR) is 50.8 cm³/mol. The molecule has 0 aromatic carbocycles. The van der Waals surface area contributed by atoms with Gasteiger partial charge in [-0.1, -0.05) is 0 Å². The fourth-order valence-electron chi connectivity index (χ4n) is 1.24. The summed E-state index contributed by atoms with van der Waals surface area (Å²) in [6, 6.07) is 0. The van der Waals surface area contributed by atoms with Crippen LogP contribution in [0, 0.1) is 0 Å². The molecule has 5 heteroatoms. The van der Waals surface area contributed by atoms with E-state index >= 15 is 0 Å². The van der Waals surface area contributed by atoms with Crippen molar-refractivity contribution in [2.75, 3.05) is 27.7 Å². The first kappa shape index (κ1) is 8.38. The van der Waals surface area contributed by atoms with E-state index in [1.54, 1.807) is 21.1 Å². The van der Waals surface area contributed by atoms with Crippen LogP contribution in [-0.2, 0) is 9.59 Å². The Morgan fingerprint density at radius 3 is 2.21 bits per heavy atom. The molecule has 0 amide bonds. The molecule has 0 saturated carbocycles. The molecule has 0 aromatic heterocycles. The first-order valence-corrected chi connectivity index (χ1v) is 4.07. The molecule has 0 aliphatic rings. The van der Waals surface area contributed by atoms with Crippen LogP contribution in [-0.4, -0.2) is 59.7 Å². The summed E-state index contributed by atoms with van der Waals surface area (Å²) in [5, 5.41) is 18.7. The molecule has 14 heavy (non-hydrogen) atoms. The van der Waals surface area contributed by atoms with Gasteiger partial charge in [-0.3, -0.25) is 9.59 Å². The SMILES string of the molecule is [2H]C([2H])([2H])C(=O)C(O)(CC(=O)O)C[N+](C)(C)C. The van der Waals surface area contributed by atoms with E-state index in [1.165, 1.54) is 0 Å². The predicted octanol–water partition coefficient (Wildman–Crippen LogP) is -0.513.